The molecule has 1 aromatic heterocycles. The third-order valence-electron chi connectivity index (χ3n) is 3.79. The molecule has 1 unspecified atom stereocenters. The fourth-order valence-corrected chi connectivity index (χ4v) is 2.86. The number of nitrogens with zero attached hydrogens (tertiary/aromatic N) is 1. The molecule has 9 heteroatoms. The molecule has 4 atom stereocenters. The van der Waals surface area contributed by atoms with Gasteiger partial charge in [0.25, 0.3) is 5.56 Å². The summed E-state index contributed by atoms with van der Waals surface area (Å²) in [7, 11) is 0. The zero-order valence-electron chi connectivity index (χ0n) is 12.2. The Bertz CT molecular complexity index is 680. The monoisotopic (exact) mass is 314 g/mol. The molecule has 9 nitrogen and oxygen atoms in total. The number of nitrogens with one attached hydrogen (secondary N) is 1. The lowest BCUT2D eigenvalue weighted by Crippen LogP contribution is -2.38. The highest BCUT2D eigenvalue weighted by atomic mass is 16.8. The van der Waals surface area contributed by atoms with E-state index in [1.807, 2.05) is 0 Å². The first-order valence-corrected chi connectivity index (χ1v) is 6.93. The summed E-state index contributed by atoms with van der Waals surface area (Å²) in [5, 5.41) is 18.6. The van der Waals surface area contributed by atoms with Crippen LogP contribution in [0.15, 0.2) is 15.8 Å². The fraction of sp³-hybridized carbons (Fsp3) is 0.692. The maximum atomic E-state index is 12.0. The van der Waals surface area contributed by atoms with E-state index in [1.165, 1.54) is 6.20 Å². The van der Waals surface area contributed by atoms with Gasteiger partial charge in [-0.1, -0.05) is 0 Å². The van der Waals surface area contributed by atoms with Gasteiger partial charge in [-0.05, 0) is 13.8 Å². The third kappa shape index (κ3) is 2.40. The molecule has 0 amide bonds. The van der Waals surface area contributed by atoms with E-state index in [0.717, 1.165) is 4.57 Å². The lowest BCUT2D eigenvalue weighted by atomic mass is 10.1. The lowest BCUT2D eigenvalue weighted by Gasteiger charge is -2.24. The number of hydrogen-bond acceptors (Lipinski definition) is 7. The van der Waals surface area contributed by atoms with Crippen molar-refractivity contribution >= 4 is 0 Å². The van der Waals surface area contributed by atoms with Gasteiger partial charge in [-0.2, -0.15) is 0 Å². The molecule has 0 saturated carbocycles. The number of aromatic amines is 1. The molecule has 3 rings (SSSR count). The Morgan fingerprint density at radius 2 is 1.95 bits per heavy atom. The van der Waals surface area contributed by atoms with Crippen LogP contribution in [-0.4, -0.2) is 50.5 Å². The second kappa shape index (κ2) is 5.28. The first kappa shape index (κ1) is 15.4. The first-order valence-electron chi connectivity index (χ1n) is 6.93. The van der Waals surface area contributed by atoms with Gasteiger partial charge in [0.1, 0.15) is 18.3 Å². The number of ether oxygens (including phenoxy) is 3. The van der Waals surface area contributed by atoms with Crippen LogP contribution in [0.1, 0.15) is 25.6 Å². The summed E-state index contributed by atoms with van der Waals surface area (Å²) >= 11 is 0. The van der Waals surface area contributed by atoms with Crippen LogP contribution in [-0.2, 0) is 20.8 Å². The van der Waals surface area contributed by atoms with Crippen molar-refractivity contribution in [2.75, 3.05) is 6.61 Å². The van der Waals surface area contributed by atoms with Crippen LogP contribution in [0.5, 0.6) is 0 Å². The average Bonchev–Trinajstić information content (AvgIpc) is 2.92. The van der Waals surface area contributed by atoms with Crippen LogP contribution in [0.4, 0.5) is 0 Å². The number of H-pyrrole nitrogens is 1. The maximum absolute atomic E-state index is 12.0. The quantitative estimate of drug-likeness (QED) is 0.616. The minimum Gasteiger partial charge on any atom is -0.394 e. The van der Waals surface area contributed by atoms with Gasteiger partial charge in [0, 0.05) is 6.20 Å². The van der Waals surface area contributed by atoms with Crippen molar-refractivity contribution in [1.29, 1.82) is 0 Å². The Morgan fingerprint density at radius 1 is 1.27 bits per heavy atom. The second-order valence-corrected chi connectivity index (χ2v) is 5.79. The number of aliphatic hydroxyl groups excluding tert-OH is 2. The Labute approximate surface area is 125 Å². The van der Waals surface area contributed by atoms with Crippen molar-refractivity contribution in [2.45, 2.75) is 50.8 Å². The van der Waals surface area contributed by atoms with E-state index >= 15 is 0 Å². The van der Waals surface area contributed by atoms with Gasteiger partial charge in [0.15, 0.2) is 12.0 Å². The van der Waals surface area contributed by atoms with Crippen molar-refractivity contribution in [3.63, 3.8) is 0 Å². The van der Waals surface area contributed by atoms with Crippen LogP contribution in [0.25, 0.3) is 0 Å². The van der Waals surface area contributed by atoms with Gasteiger partial charge in [-0.15, -0.1) is 0 Å². The van der Waals surface area contributed by atoms with Crippen molar-refractivity contribution in [3.8, 4) is 0 Å². The van der Waals surface area contributed by atoms with E-state index in [1.54, 1.807) is 13.8 Å². The zero-order chi connectivity index (χ0) is 16.1. The van der Waals surface area contributed by atoms with Crippen molar-refractivity contribution in [1.82, 2.24) is 9.55 Å². The standard InChI is InChI=1S/C13H18N2O7/c1-13(2)21-8-7(5-17)20-11(9(8)22-13)15-3-6(4-16)10(18)14-12(15)19/h3,7-9,11,16-17H,4-5H2,1-2H3,(H,14,18,19)/t7-,8?,9+,11-/m1/s1. The Hall–Kier alpha value is -1.52. The normalized spacial score (nSPS) is 33.1. The van der Waals surface area contributed by atoms with E-state index in [4.69, 9.17) is 14.2 Å². The molecule has 0 radical (unpaired) electrons. The molecule has 2 aliphatic heterocycles. The molecule has 0 spiro atoms. The molecule has 0 aliphatic carbocycles. The highest BCUT2D eigenvalue weighted by Crippen LogP contribution is 2.42. The van der Waals surface area contributed by atoms with E-state index < -0.39 is 48.2 Å². The predicted molar refractivity (Wildman–Crippen MR) is 72.1 cm³/mol. The molecule has 2 fully saturated rings. The minimum absolute atomic E-state index is 0.0328. The van der Waals surface area contributed by atoms with Crippen LogP contribution in [0.2, 0.25) is 0 Å². The van der Waals surface area contributed by atoms with Crippen LogP contribution in [0.3, 0.4) is 0 Å². The van der Waals surface area contributed by atoms with Crippen molar-refractivity contribution in [3.05, 3.63) is 32.6 Å². The summed E-state index contributed by atoms with van der Waals surface area (Å²) in [6.45, 7) is 2.65. The van der Waals surface area contributed by atoms with Gasteiger partial charge in [0.05, 0.1) is 18.8 Å². The molecule has 0 bridgehead atoms. The lowest BCUT2D eigenvalue weighted by molar-refractivity contribution is -0.200. The fourth-order valence-electron chi connectivity index (χ4n) is 2.86. The topological polar surface area (TPSA) is 123 Å². The second-order valence-electron chi connectivity index (χ2n) is 5.79. The smallest absolute Gasteiger partial charge is 0.330 e. The average molecular weight is 314 g/mol. The molecule has 122 valence electrons. The van der Waals surface area contributed by atoms with E-state index in [9.17, 15) is 19.8 Å². The van der Waals surface area contributed by atoms with Gasteiger partial charge >= 0.3 is 5.69 Å². The number of aliphatic hydroxyl groups is 2. The van der Waals surface area contributed by atoms with Crippen molar-refractivity contribution in [2.24, 2.45) is 0 Å². The first-order chi connectivity index (χ1) is 10.4. The molecule has 0 aromatic carbocycles. The highest BCUT2D eigenvalue weighted by Gasteiger charge is 2.55. The van der Waals surface area contributed by atoms with E-state index in [2.05, 4.69) is 4.98 Å². The molecule has 3 heterocycles. The zero-order valence-corrected chi connectivity index (χ0v) is 12.2. The summed E-state index contributed by atoms with van der Waals surface area (Å²) in [4.78, 5) is 25.7. The van der Waals surface area contributed by atoms with Gasteiger partial charge in [0.2, 0.25) is 0 Å². The summed E-state index contributed by atoms with van der Waals surface area (Å²) in [6, 6.07) is 0. The number of aromatic nitrogens is 2. The Kier molecular flexibility index (Phi) is 3.69. The SMILES string of the molecule is CC1(C)OC2[C@@H](CO)O[C@@H](n3cc(CO)c(=O)[nH]c3=O)[C@H]2O1. The van der Waals surface area contributed by atoms with E-state index in [0.29, 0.717) is 0 Å². The van der Waals surface area contributed by atoms with Gasteiger partial charge < -0.3 is 24.4 Å². The Morgan fingerprint density at radius 3 is 2.59 bits per heavy atom. The number of fused-ring (bicyclic) bond motifs is 1. The van der Waals surface area contributed by atoms with Crippen LogP contribution < -0.4 is 11.2 Å². The Balaban J connectivity index is 2.02. The summed E-state index contributed by atoms with van der Waals surface area (Å²) in [6.07, 6.45) is -1.41. The van der Waals surface area contributed by atoms with Gasteiger partial charge in [-0.3, -0.25) is 14.3 Å². The number of hydrogen-bond donors (Lipinski definition) is 3. The van der Waals surface area contributed by atoms with Crippen LogP contribution >= 0.6 is 0 Å². The summed E-state index contributed by atoms with van der Waals surface area (Å²) in [5.41, 5.74) is -1.30. The van der Waals surface area contributed by atoms with Crippen molar-refractivity contribution < 1.29 is 24.4 Å². The molecule has 2 saturated heterocycles. The largest absolute Gasteiger partial charge is 0.394 e. The molecule has 22 heavy (non-hydrogen) atoms. The third-order valence-corrected chi connectivity index (χ3v) is 3.79. The summed E-state index contributed by atoms with van der Waals surface area (Å²) < 4.78 is 18.2. The molecular formula is C13H18N2O7. The number of rotatable bonds is 3. The molecule has 2 aliphatic rings. The molecule has 3 N–H and O–H groups in total. The van der Waals surface area contributed by atoms with Crippen LogP contribution in [0, 0.1) is 0 Å². The summed E-state index contributed by atoms with van der Waals surface area (Å²) in [5.74, 6) is -0.865. The van der Waals surface area contributed by atoms with E-state index in [-0.39, 0.29) is 12.2 Å². The highest BCUT2D eigenvalue weighted by molar-refractivity contribution is 5.05. The minimum atomic E-state index is -0.865. The molecule has 1 aromatic rings. The predicted octanol–water partition coefficient (Wildman–Crippen LogP) is -1.56. The maximum Gasteiger partial charge on any atom is 0.330 e. The van der Waals surface area contributed by atoms with Gasteiger partial charge in [-0.25, -0.2) is 4.79 Å². The molecular weight excluding hydrogens is 296 g/mol.